The van der Waals surface area contributed by atoms with Crippen molar-refractivity contribution in [1.82, 2.24) is 4.98 Å². The van der Waals surface area contributed by atoms with Crippen molar-refractivity contribution < 1.29 is 0 Å². The summed E-state index contributed by atoms with van der Waals surface area (Å²) in [5.74, 6) is 0.695. The number of nitrogens with one attached hydrogen (secondary N) is 1. The minimum Gasteiger partial charge on any atom is -0.253 e. The summed E-state index contributed by atoms with van der Waals surface area (Å²) in [5, 5.41) is 8.23. The molecule has 0 aliphatic heterocycles. The number of rotatable bonds is 3. The Kier molecular flexibility index (Phi) is 4.74. The van der Waals surface area contributed by atoms with Crippen LogP contribution in [0, 0.1) is 11.3 Å². The number of benzene rings is 1. The van der Waals surface area contributed by atoms with Crippen molar-refractivity contribution in [2.45, 2.75) is 40.0 Å². The van der Waals surface area contributed by atoms with E-state index in [1.54, 1.807) is 11.3 Å². The van der Waals surface area contributed by atoms with Crippen LogP contribution in [0.1, 0.15) is 40.0 Å². The first-order valence-corrected chi connectivity index (χ1v) is 9.20. The maximum absolute atomic E-state index is 5.93. The van der Waals surface area contributed by atoms with Crippen molar-refractivity contribution in [2.75, 3.05) is 5.43 Å². The zero-order chi connectivity index (χ0) is 16.4. The first-order valence-electron chi connectivity index (χ1n) is 7.94. The number of thiazole rings is 1. The van der Waals surface area contributed by atoms with Crippen molar-refractivity contribution in [1.29, 1.82) is 0 Å². The second-order valence-electron chi connectivity index (χ2n) is 7.19. The molecule has 122 valence electrons. The largest absolute Gasteiger partial charge is 0.253 e. The van der Waals surface area contributed by atoms with Crippen LogP contribution in [0.25, 0.3) is 11.3 Å². The Balaban J connectivity index is 1.69. The third kappa shape index (κ3) is 4.33. The summed E-state index contributed by atoms with van der Waals surface area (Å²) in [4.78, 5) is 4.61. The molecular formula is C18H22ClN3S. The molecule has 0 radical (unpaired) electrons. The Bertz CT molecular complexity index is 703. The average Bonchev–Trinajstić information content (AvgIpc) is 2.93. The SMILES string of the molecule is C[C@@H]1C/C(=N/Nc2nc(-c3ccc(Cl)cc3)cs2)CC(C)(C)C1. The third-order valence-corrected chi connectivity index (χ3v) is 5.12. The lowest BCUT2D eigenvalue weighted by molar-refractivity contribution is 0.266. The lowest BCUT2D eigenvalue weighted by Crippen LogP contribution is -2.28. The number of nitrogens with zero attached hydrogens (tertiary/aromatic N) is 2. The number of hydrogen-bond acceptors (Lipinski definition) is 4. The molecule has 1 fully saturated rings. The zero-order valence-electron chi connectivity index (χ0n) is 13.8. The van der Waals surface area contributed by atoms with Gasteiger partial charge in [-0.3, -0.25) is 5.43 Å². The van der Waals surface area contributed by atoms with Crippen LogP contribution >= 0.6 is 22.9 Å². The number of halogens is 1. The molecular weight excluding hydrogens is 326 g/mol. The van der Waals surface area contributed by atoms with Crippen LogP contribution in [0.15, 0.2) is 34.7 Å². The van der Waals surface area contributed by atoms with Crippen LogP contribution < -0.4 is 5.43 Å². The molecule has 5 heteroatoms. The number of aromatic nitrogens is 1. The molecule has 0 bridgehead atoms. The highest BCUT2D eigenvalue weighted by Crippen LogP contribution is 2.37. The Morgan fingerprint density at radius 3 is 2.74 bits per heavy atom. The van der Waals surface area contributed by atoms with Gasteiger partial charge in [-0.2, -0.15) is 5.10 Å². The van der Waals surface area contributed by atoms with Gasteiger partial charge in [0, 0.05) is 21.7 Å². The van der Waals surface area contributed by atoms with E-state index in [0.29, 0.717) is 11.3 Å². The minimum atomic E-state index is 0.343. The summed E-state index contributed by atoms with van der Waals surface area (Å²) < 4.78 is 0. The van der Waals surface area contributed by atoms with Gasteiger partial charge in [0.05, 0.1) is 5.69 Å². The molecule has 1 N–H and O–H groups in total. The number of hydrazone groups is 1. The standard InChI is InChI=1S/C18H22ClN3S/c1-12-8-15(10-18(2,3)9-12)21-22-17-20-16(11-23-17)13-4-6-14(19)7-5-13/h4-7,11-12H,8-10H2,1-3H3,(H,20,22)/b21-15-/t12-/m1/s1. The van der Waals surface area contributed by atoms with E-state index < -0.39 is 0 Å². The Morgan fingerprint density at radius 1 is 1.30 bits per heavy atom. The van der Waals surface area contributed by atoms with Crippen LogP contribution in [0.4, 0.5) is 5.13 Å². The van der Waals surface area contributed by atoms with E-state index in [1.165, 1.54) is 12.1 Å². The van der Waals surface area contributed by atoms with Crippen molar-refractivity contribution in [2.24, 2.45) is 16.4 Å². The van der Waals surface area contributed by atoms with Gasteiger partial charge in [0.15, 0.2) is 0 Å². The summed E-state index contributed by atoms with van der Waals surface area (Å²) >= 11 is 7.50. The molecule has 1 aliphatic rings. The van der Waals surface area contributed by atoms with E-state index in [1.807, 2.05) is 29.6 Å². The fourth-order valence-corrected chi connectivity index (χ4v) is 4.19. The first-order chi connectivity index (χ1) is 10.9. The van der Waals surface area contributed by atoms with Gasteiger partial charge in [0.1, 0.15) is 0 Å². The molecule has 23 heavy (non-hydrogen) atoms. The average molecular weight is 348 g/mol. The molecule has 3 rings (SSSR count). The molecule has 2 aromatic rings. The van der Waals surface area contributed by atoms with E-state index >= 15 is 0 Å². The molecule has 1 aromatic heterocycles. The van der Waals surface area contributed by atoms with Crippen LogP contribution in [-0.4, -0.2) is 10.7 Å². The van der Waals surface area contributed by atoms with Crippen LogP contribution in [0.3, 0.4) is 0 Å². The highest BCUT2D eigenvalue weighted by Gasteiger charge is 2.29. The second kappa shape index (κ2) is 6.62. The molecule has 0 saturated heterocycles. The van der Waals surface area contributed by atoms with Gasteiger partial charge in [-0.25, -0.2) is 4.98 Å². The summed E-state index contributed by atoms with van der Waals surface area (Å²) in [7, 11) is 0. The molecule has 1 atom stereocenters. The van der Waals surface area contributed by atoms with Gasteiger partial charge in [-0.15, -0.1) is 11.3 Å². The van der Waals surface area contributed by atoms with E-state index in [9.17, 15) is 0 Å². The Morgan fingerprint density at radius 2 is 2.04 bits per heavy atom. The Labute approximate surface area is 146 Å². The lowest BCUT2D eigenvalue weighted by atomic mass is 9.72. The monoisotopic (exact) mass is 347 g/mol. The van der Waals surface area contributed by atoms with Gasteiger partial charge in [0.25, 0.3) is 0 Å². The lowest BCUT2D eigenvalue weighted by Gasteiger charge is -2.34. The molecule has 1 heterocycles. The summed E-state index contributed by atoms with van der Waals surface area (Å²) in [6, 6.07) is 7.74. The predicted molar refractivity (Wildman–Crippen MR) is 100 cm³/mol. The molecule has 0 spiro atoms. The summed E-state index contributed by atoms with van der Waals surface area (Å²) in [5.41, 5.74) is 6.75. The Hall–Kier alpha value is -1.39. The molecule has 0 amide bonds. The third-order valence-electron chi connectivity index (χ3n) is 4.12. The van der Waals surface area contributed by atoms with Gasteiger partial charge in [-0.05, 0) is 42.7 Å². The van der Waals surface area contributed by atoms with E-state index in [-0.39, 0.29) is 0 Å². The highest BCUT2D eigenvalue weighted by atomic mass is 35.5. The normalized spacial score (nSPS) is 22.3. The topological polar surface area (TPSA) is 37.3 Å². The fraction of sp³-hybridized carbons (Fsp3) is 0.444. The molecule has 0 unspecified atom stereocenters. The van der Waals surface area contributed by atoms with Gasteiger partial charge in [0.2, 0.25) is 5.13 Å². The molecule has 1 saturated carbocycles. The molecule has 3 nitrogen and oxygen atoms in total. The number of anilines is 1. The molecule has 1 aromatic carbocycles. The van der Waals surface area contributed by atoms with Gasteiger partial charge < -0.3 is 0 Å². The minimum absolute atomic E-state index is 0.343. The second-order valence-corrected chi connectivity index (χ2v) is 8.48. The van der Waals surface area contributed by atoms with Crippen LogP contribution in [-0.2, 0) is 0 Å². The van der Waals surface area contributed by atoms with E-state index in [0.717, 1.165) is 34.3 Å². The van der Waals surface area contributed by atoms with E-state index in [4.69, 9.17) is 11.6 Å². The zero-order valence-corrected chi connectivity index (χ0v) is 15.3. The van der Waals surface area contributed by atoms with Crippen molar-refractivity contribution in [3.63, 3.8) is 0 Å². The summed E-state index contributed by atoms with van der Waals surface area (Å²) in [6.07, 6.45) is 3.40. The smallest absolute Gasteiger partial charge is 0.203 e. The molecule has 1 aliphatic carbocycles. The van der Waals surface area contributed by atoms with Crippen LogP contribution in [0.2, 0.25) is 5.02 Å². The number of hydrogen-bond donors (Lipinski definition) is 1. The maximum atomic E-state index is 5.93. The van der Waals surface area contributed by atoms with E-state index in [2.05, 4.69) is 36.3 Å². The van der Waals surface area contributed by atoms with Gasteiger partial charge >= 0.3 is 0 Å². The van der Waals surface area contributed by atoms with Crippen molar-refractivity contribution >= 4 is 33.8 Å². The highest BCUT2D eigenvalue weighted by molar-refractivity contribution is 7.14. The fourth-order valence-electron chi connectivity index (χ4n) is 3.40. The predicted octanol–water partition coefficient (Wildman–Crippen LogP) is 6.08. The first kappa shape index (κ1) is 16.5. The quantitative estimate of drug-likeness (QED) is 0.683. The van der Waals surface area contributed by atoms with Crippen molar-refractivity contribution in [3.05, 3.63) is 34.7 Å². The summed E-state index contributed by atoms with van der Waals surface area (Å²) in [6.45, 7) is 6.94. The maximum Gasteiger partial charge on any atom is 0.203 e. The van der Waals surface area contributed by atoms with Gasteiger partial charge in [-0.1, -0.05) is 44.5 Å². The van der Waals surface area contributed by atoms with Crippen molar-refractivity contribution in [3.8, 4) is 11.3 Å². The van der Waals surface area contributed by atoms with Crippen LogP contribution in [0.5, 0.6) is 0 Å².